The van der Waals surface area contributed by atoms with Gasteiger partial charge in [0.05, 0.1) is 22.2 Å². The molecule has 1 N–H and O–H groups in total. The Morgan fingerprint density at radius 2 is 1.79 bits per heavy atom. The Balaban J connectivity index is 1.57. The smallest absolute Gasteiger partial charge is 0.279 e. The van der Waals surface area contributed by atoms with E-state index in [0.29, 0.717) is 33.4 Å². The predicted octanol–water partition coefficient (Wildman–Crippen LogP) is 4.93. The van der Waals surface area contributed by atoms with Crippen LogP contribution in [0.2, 0.25) is 5.02 Å². The maximum absolute atomic E-state index is 12.8. The maximum Gasteiger partial charge on any atom is 0.279 e. The van der Waals surface area contributed by atoms with Crippen LogP contribution in [0.15, 0.2) is 76.6 Å². The number of thiazole rings is 1. The summed E-state index contributed by atoms with van der Waals surface area (Å²) in [6.07, 6.45) is 0. The van der Waals surface area contributed by atoms with Gasteiger partial charge in [-0.05, 0) is 73.7 Å². The number of aryl methyl sites for hydroxylation is 1. The van der Waals surface area contributed by atoms with Crippen molar-refractivity contribution < 1.29 is 17.9 Å². The number of aromatic nitrogens is 1. The van der Waals surface area contributed by atoms with E-state index in [9.17, 15) is 13.2 Å². The number of hydrogen-bond donors (Lipinski definition) is 1. The van der Waals surface area contributed by atoms with Crippen LogP contribution < -0.4 is 14.3 Å². The second-order valence-corrected chi connectivity index (χ2v) is 10.1. The molecule has 170 valence electrons. The summed E-state index contributed by atoms with van der Waals surface area (Å²) in [6, 6.07) is 17.8. The Hall–Kier alpha value is -3.14. The highest BCUT2D eigenvalue weighted by Gasteiger charge is 2.15. The monoisotopic (exact) mass is 501 g/mol. The number of amides is 1. The number of methoxy groups -OCH3 is 1. The van der Waals surface area contributed by atoms with Gasteiger partial charge in [-0.3, -0.25) is 9.52 Å². The third kappa shape index (κ3) is 4.95. The Morgan fingerprint density at radius 1 is 1.09 bits per heavy atom. The van der Waals surface area contributed by atoms with Crippen molar-refractivity contribution in [2.24, 2.45) is 4.99 Å². The summed E-state index contributed by atoms with van der Waals surface area (Å²) < 4.78 is 35.6. The van der Waals surface area contributed by atoms with Crippen LogP contribution in [0.1, 0.15) is 17.3 Å². The fourth-order valence-corrected chi connectivity index (χ4v) is 5.67. The highest BCUT2D eigenvalue weighted by Crippen LogP contribution is 2.22. The highest BCUT2D eigenvalue weighted by atomic mass is 35.5. The molecule has 1 aromatic heterocycles. The number of fused-ring (bicyclic) bond motifs is 1. The summed E-state index contributed by atoms with van der Waals surface area (Å²) in [6.45, 7) is 2.63. The molecule has 4 rings (SSSR count). The zero-order chi connectivity index (χ0) is 23.6. The Morgan fingerprint density at radius 3 is 2.42 bits per heavy atom. The minimum atomic E-state index is -3.77. The molecule has 7 nitrogen and oxygen atoms in total. The molecule has 10 heteroatoms. The first-order chi connectivity index (χ1) is 15.8. The van der Waals surface area contributed by atoms with E-state index in [4.69, 9.17) is 16.3 Å². The van der Waals surface area contributed by atoms with Gasteiger partial charge in [0.25, 0.3) is 15.9 Å². The van der Waals surface area contributed by atoms with Crippen LogP contribution in [0.3, 0.4) is 0 Å². The van der Waals surface area contributed by atoms with Gasteiger partial charge >= 0.3 is 0 Å². The number of ether oxygens (including phenoxy) is 1. The first kappa shape index (κ1) is 23.0. The number of sulfonamides is 1. The van der Waals surface area contributed by atoms with E-state index < -0.39 is 15.9 Å². The third-order valence-electron chi connectivity index (χ3n) is 4.91. The van der Waals surface area contributed by atoms with Crippen LogP contribution in [-0.2, 0) is 16.6 Å². The molecule has 0 aliphatic carbocycles. The largest absolute Gasteiger partial charge is 0.497 e. The van der Waals surface area contributed by atoms with Crippen molar-refractivity contribution in [2.45, 2.75) is 18.4 Å². The van der Waals surface area contributed by atoms with Crippen molar-refractivity contribution in [1.29, 1.82) is 0 Å². The van der Waals surface area contributed by atoms with Crippen molar-refractivity contribution >= 4 is 54.8 Å². The molecule has 33 heavy (non-hydrogen) atoms. The fourth-order valence-electron chi connectivity index (χ4n) is 3.24. The summed E-state index contributed by atoms with van der Waals surface area (Å²) in [5, 5.41) is 0.623. The first-order valence-corrected chi connectivity index (χ1v) is 12.6. The van der Waals surface area contributed by atoms with E-state index in [1.807, 2.05) is 23.6 Å². The van der Waals surface area contributed by atoms with Crippen molar-refractivity contribution in [3.63, 3.8) is 0 Å². The van der Waals surface area contributed by atoms with Gasteiger partial charge in [-0.1, -0.05) is 22.9 Å². The summed E-state index contributed by atoms with van der Waals surface area (Å²) in [5.74, 6) is 0.145. The van der Waals surface area contributed by atoms with Gasteiger partial charge in [0.15, 0.2) is 4.80 Å². The lowest BCUT2D eigenvalue weighted by atomic mass is 10.2. The lowest BCUT2D eigenvalue weighted by molar-refractivity contribution is 0.0998. The molecule has 0 saturated carbocycles. The van der Waals surface area contributed by atoms with Gasteiger partial charge in [-0.15, -0.1) is 0 Å². The van der Waals surface area contributed by atoms with Crippen LogP contribution in [0.4, 0.5) is 5.69 Å². The number of carbonyl (C=O) groups excluding carboxylic acids is 1. The fraction of sp³-hybridized carbons (Fsp3) is 0.130. The van der Waals surface area contributed by atoms with E-state index in [1.165, 1.54) is 54.8 Å². The topological polar surface area (TPSA) is 89.8 Å². The lowest BCUT2D eigenvalue weighted by Gasteiger charge is -2.09. The molecule has 4 aromatic rings. The standard InChI is InChI=1S/C23H20ClN3O4S2/c1-3-27-20-13-6-16(24)14-21(20)32-23(27)25-22(28)15-4-7-17(8-5-15)26-33(29,30)19-11-9-18(31-2)10-12-19/h4-14,26H,3H2,1-2H3. The normalized spacial score (nSPS) is 12.2. The zero-order valence-electron chi connectivity index (χ0n) is 17.8. The van der Waals surface area contributed by atoms with Gasteiger partial charge in [0.2, 0.25) is 0 Å². The van der Waals surface area contributed by atoms with E-state index in [1.54, 1.807) is 18.2 Å². The van der Waals surface area contributed by atoms with Gasteiger partial charge in [-0.2, -0.15) is 4.99 Å². The molecule has 0 atom stereocenters. The molecule has 0 saturated heterocycles. The molecule has 1 heterocycles. The Labute approximate surface area is 200 Å². The molecule has 1 amide bonds. The second kappa shape index (κ2) is 9.38. The molecule has 3 aromatic carbocycles. The van der Waals surface area contributed by atoms with Crippen LogP contribution in [-0.4, -0.2) is 26.0 Å². The van der Waals surface area contributed by atoms with Crippen LogP contribution >= 0.6 is 22.9 Å². The average molecular weight is 502 g/mol. The average Bonchev–Trinajstić information content (AvgIpc) is 3.15. The number of nitrogens with one attached hydrogen (secondary N) is 1. The van der Waals surface area contributed by atoms with E-state index in [2.05, 4.69) is 9.71 Å². The number of benzene rings is 3. The maximum atomic E-state index is 12.8. The highest BCUT2D eigenvalue weighted by molar-refractivity contribution is 7.92. The van der Waals surface area contributed by atoms with Crippen LogP contribution in [0.25, 0.3) is 10.2 Å². The van der Waals surface area contributed by atoms with Crippen LogP contribution in [0.5, 0.6) is 5.75 Å². The van der Waals surface area contributed by atoms with Gasteiger partial charge < -0.3 is 9.30 Å². The predicted molar refractivity (Wildman–Crippen MR) is 131 cm³/mol. The molecular weight excluding hydrogens is 482 g/mol. The molecule has 0 aliphatic heterocycles. The van der Waals surface area contributed by atoms with E-state index in [-0.39, 0.29) is 4.90 Å². The zero-order valence-corrected chi connectivity index (χ0v) is 20.2. The number of anilines is 1. The van der Waals surface area contributed by atoms with Crippen molar-refractivity contribution in [3.8, 4) is 5.75 Å². The quantitative estimate of drug-likeness (QED) is 0.406. The molecular formula is C23H20ClN3O4S2. The summed E-state index contributed by atoms with van der Waals surface area (Å²) in [7, 11) is -2.26. The molecule has 0 fully saturated rings. The number of nitrogens with zero attached hydrogens (tertiary/aromatic N) is 2. The number of rotatable bonds is 6. The van der Waals surface area contributed by atoms with Crippen molar-refractivity contribution in [1.82, 2.24) is 4.57 Å². The minimum absolute atomic E-state index is 0.104. The number of hydrogen-bond acceptors (Lipinski definition) is 5. The Kier molecular flexibility index (Phi) is 6.55. The molecule has 0 aliphatic rings. The van der Waals surface area contributed by atoms with E-state index in [0.717, 1.165) is 10.2 Å². The van der Waals surface area contributed by atoms with Crippen molar-refractivity contribution in [2.75, 3.05) is 11.8 Å². The second-order valence-electron chi connectivity index (χ2n) is 7.02. The van der Waals surface area contributed by atoms with Gasteiger partial charge in [-0.25, -0.2) is 8.42 Å². The molecule has 0 bridgehead atoms. The molecule has 0 unspecified atom stereocenters. The Bertz CT molecular complexity index is 1490. The SMILES string of the molecule is CCn1c(=NC(=O)c2ccc(NS(=O)(=O)c3ccc(OC)cc3)cc2)sc2cc(Cl)ccc21. The number of halogens is 1. The third-order valence-corrected chi connectivity index (χ3v) is 7.59. The minimum Gasteiger partial charge on any atom is -0.497 e. The molecule has 0 radical (unpaired) electrons. The van der Waals surface area contributed by atoms with Gasteiger partial charge in [0, 0.05) is 22.8 Å². The first-order valence-electron chi connectivity index (χ1n) is 9.95. The van der Waals surface area contributed by atoms with Crippen molar-refractivity contribution in [3.05, 3.63) is 82.1 Å². The summed E-state index contributed by atoms with van der Waals surface area (Å²) in [4.78, 5) is 17.7. The van der Waals surface area contributed by atoms with Crippen LogP contribution in [0, 0.1) is 0 Å². The number of carbonyl (C=O) groups is 1. The molecule has 0 spiro atoms. The van der Waals surface area contributed by atoms with Gasteiger partial charge in [0.1, 0.15) is 5.75 Å². The summed E-state index contributed by atoms with van der Waals surface area (Å²) >= 11 is 7.47. The van der Waals surface area contributed by atoms with E-state index >= 15 is 0 Å². The summed E-state index contributed by atoms with van der Waals surface area (Å²) in [5.41, 5.74) is 1.64. The lowest BCUT2D eigenvalue weighted by Crippen LogP contribution is -2.16.